The molecule has 1 aromatic rings. The van der Waals surface area contributed by atoms with Crippen LogP contribution < -0.4 is 0 Å². The molecule has 0 amide bonds. The van der Waals surface area contributed by atoms with Gasteiger partial charge in [-0.3, -0.25) is 4.90 Å². The summed E-state index contributed by atoms with van der Waals surface area (Å²) in [7, 11) is 1.37. The average Bonchev–Trinajstić information content (AvgIpc) is 2.83. The van der Waals surface area contributed by atoms with Crippen molar-refractivity contribution < 1.29 is 13.9 Å². The van der Waals surface area contributed by atoms with E-state index < -0.39 is 6.04 Å². The van der Waals surface area contributed by atoms with Crippen LogP contribution in [0.4, 0.5) is 4.39 Å². The molecule has 17 heavy (non-hydrogen) atoms. The van der Waals surface area contributed by atoms with Crippen LogP contribution in [0.25, 0.3) is 0 Å². The zero-order valence-electron chi connectivity index (χ0n) is 9.86. The molecule has 0 aromatic heterocycles. The normalized spacial score (nSPS) is 18.0. The summed E-state index contributed by atoms with van der Waals surface area (Å²) in [5.41, 5.74) is 0.666. The van der Waals surface area contributed by atoms with Crippen molar-refractivity contribution in [3.8, 4) is 0 Å². The minimum atomic E-state index is -0.474. The van der Waals surface area contributed by atoms with Crippen LogP contribution in [0.2, 0.25) is 0 Å². The number of hydrogen-bond donors (Lipinski definition) is 0. The highest BCUT2D eigenvalue weighted by Crippen LogP contribution is 2.26. The van der Waals surface area contributed by atoms with Crippen molar-refractivity contribution >= 4 is 5.97 Å². The molecular weight excluding hydrogens is 221 g/mol. The Balaban J connectivity index is 2.29. The second-order valence-electron chi connectivity index (χ2n) is 4.22. The third-order valence-corrected chi connectivity index (χ3v) is 3.09. The number of methoxy groups -OCH3 is 1. The number of likely N-dealkylation sites (tertiary alicyclic amines) is 1. The maximum absolute atomic E-state index is 13.2. The number of rotatable bonds is 3. The van der Waals surface area contributed by atoms with Gasteiger partial charge in [-0.25, -0.2) is 9.18 Å². The monoisotopic (exact) mass is 237 g/mol. The summed E-state index contributed by atoms with van der Waals surface area (Å²) in [6, 6.07) is 5.69. The van der Waals surface area contributed by atoms with Gasteiger partial charge in [-0.1, -0.05) is 12.1 Å². The summed E-state index contributed by atoms with van der Waals surface area (Å²) in [6.45, 7) is 1.71. The maximum Gasteiger partial charge on any atom is 0.327 e. The Morgan fingerprint density at radius 2 is 2.12 bits per heavy atom. The summed E-state index contributed by atoms with van der Waals surface area (Å²) < 4.78 is 18.0. The zero-order valence-corrected chi connectivity index (χ0v) is 9.86. The molecule has 1 fully saturated rings. The lowest BCUT2D eigenvalue weighted by molar-refractivity contribution is -0.146. The molecule has 92 valence electrons. The first-order chi connectivity index (χ1) is 8.22. The molecule has 4 heteroatoms. The lowest BCUT2D eigenvalue weighted by atomic mass is 10.1. The van der Waals surface area contributed by atoms with E-state index in [-0.39, 0.29) is 11.8 Å². The number of carbonyl (C=O) groups excluding carboxylic acids is 1. The molecule has 1 aromatic carbocycles. The van der Waals surface area contributed by atoms with Crippen LogP contribution in [0, 0.1) is 5.82 Å². The summed E-state index contributed by atoms with van der Waals surface area (Å²) in [6.07, 6.45) is 2.14. The van der Waals surface area contributed by atoms with E-state index in [9.17, 15) is 9.18 Å². The van der Waals surface area contributed by atoms with Crippen molar-refractivity contribution in [3.63, 3.8) is 0 Å². The Morgan fingerprint density at radius 1 is 1.41 bits per heavy atom. The number of carbonyl (C=O) groups is 1. The molecule has 3 nitrogen and oxygen atoms in total. The molecule has 1 saturated heterocycles. The fourth-order valence-corrected chi connectivity index (χ4v) is 2.28. The topological polar surface area (TPSA) is 29.5 Å². The lowest BCUT2D eigenvalue weighted by Gasteiger charge is -2.25. The smallest absolute Gasteiger partial charge is 0.327 e. The fraction of sp³-hybridized carbons (Fsp3) is 0.462. The number of esters is 1. The summed E-state index contributed by atoms with van der Waals surface area (Å²) in [5, 5.41) is 0. The van der Waals surface area contributed by atoms with Crippen molar-refractivity contribution in [3.05, 3.63) is 35.6 Å². The van der Waals surface area contributed by atoms with Gasteiger partial charge >= 0.3 is 5.97 Å². The molecular formula is C13H16FNO2. The molecule has 0 aliphatic carbocycles. The summed E-state index contributed by atoms with van der Waals surface area (Å²) >= 11 is 0. The number of nitrogens with zero attached hydrogens (tertiary/aromatic N) is 1. The van der Waals surface area contributed by atoms with Crippen molar-refractivity contribution in [2.45, 2.75) is 18.9 Å². The highest BCUT2D eigenvalue weighted by molar-refractivity contribution is 5.77. The third-order valence-electron chi connectivity index (χ3n) is 3.09. The van der Waals surface area contributed by atoms with E-state index in [4.69, 9.17) is 4.74 Å². The number of benzene rings is 1. The lowest BCUT2D eigenvalue weighted by Crippen LogP contribution is -2.32. The van der Waals surface area contributed by atoms with E-state index in [0.29, 0.717) is 5.56 Å². The molecule has 0 spiro atoms. The second-order valence-corrected chi connectivity index (χ2v) is 4.22. The van der Waals surface area contributed by atoms with Crippen molar-refractivity contribution in [2.75, 3.05) is 20.2 Å². The van der Waals surface area contributed by atoms with Crippen LogP contribution in [0.15, 0.2) is 24.3 Å². The fourth-order valence-electron chi connectivity index (χ4n) is 2.28. The number of hydrogen-bond acceptors (Lipinski definition) is 3. The minimum Gasteiger partial charge on any atom is -0.468 e. The van der Waals surface area contributed by atoms with Gasteiger partial charge in [0, 0.05) is 0 Å². The summed E-state index contributed by atoms with van der Waals surface area (Å²) in [4.78, 5) is 13.9. The van der Waals surface area contributed by atoms with Gasteiger partial charge in [-0.2, -0.15) is 0 Å². The zero-order chi connectivity index (χ0) is 12.3. The van der Waals surface area contributed by atoms with Crippen molar-refractivity contribution in [1.29, 1.82) is 0 Å². The van der Waals surface area contributed by atoms with Crippen LogP contribution in [0.5, 0.6) is 0 Å². The maximum atomic E-state index is 13.2. The van der Waals surface area contributed by atoms with Gasteiger partial charge in [0.25, 0.3) is 0 Å². The highest BCUT2D eigenvalue weighted by atomic mass is 19.1. The van der Waals surface area contributed by atoms with Gasteiger partial charge in [-0.15, -0.1) is 0 Å². The molecule has 0 N–H and O–H groups in total. The first-order valence-corrected chi connectivity index (χ1v) is 5.79. The van der Waals surface area contributed by atoms with Crippen LogP contribution in [0.3, 0.4) is 0 Å². The second kappa shape index (κ2) is 5.27. The highest BCUT2D eigenvalue weighted by Gasteiger charge is 2.30. The molecule has 1 unspecified atom stereocenters. The van der Waals surface area contributed by atoms with E-state index >= 15 is 0 Å². The van der Waals surface area contributed by atoms with E-state index in [1.807, 2.05) is 4.90 Å². The van der Waals surface area contributed by atoms with Crippen LogP contribution in [0.1, 0.15) is 24.4 Å². The van der Waals surface area contributed by atoms with Gasteiger partial charge in [0.1, 0.15) is 11.9 Å². The predicted octanol–water partition coefficient (Wildman–Crippen LogP) is 2.14. The Kier molecular flexibility index (Phi) is 3.74. The van der Waals surface area contributed by atoms with E-state index in [0.717, 1.165) is 25.9 Å². The Morgan fingerprint density at radius 3 is 2.71 bits per heavy atom. The van der Waals surface area contributed by atoms with Gasteiger partial charge < -0.3 is 4.74 Å². The van der Waals surface area contributed by atoms with Crippen LogP contribution in [-0.4, -0.2) is 31.1 Å². The first kappa shape index (κ1) is 12.0. The Labute approximate surface area is 100 Å². The standard InChI is InChI=1S/C13H16FNO2/c1-17-13(16)12(15-7-2-3-8-15)10-5-4-6-11(14)9-10/h4-6,9,12H,2-3,7-8H2,1H3. The predicted molar refractivity (Wildman–Crippen MR) is 62.0 cm³/mol. The van der Waals surface area contributed by atoms with Crippen molar-refractivity contribution in [1.82, 2.24) is 4.90 Å². The first-order valence-electron chi connectivity index (χ1n) is 5.79. The molecule has 2 rings (SSSR count). The van der Waals surface area contributed by atoms with E-state index in [2.05, 4.69) is 0 Å². The average molecular weight is 237 g/mol. The minimum absolute atomic E-state index is 0.322. The molecule has 1 aliphatic heterocycles. The number of ether oxygens (including phenoxy) is 1. The van der Waals surface area contributed by atoms with Crippen molar-refractivity contribution in [2.24, 2.45) is 0 Å². The quantitative estimate of drug-likeness (QED) is 0.754. The molecule has 0 bridgehead atoms. The van der Waals surface area contributed by atoms with E-state index in [1.54, 1.807) is 12.1 Å². The molecule has 1 atom stereocenters. The third kappa shape index (κ3) is 2.64. The Bertz CT molecular complexity index is 402. The van der Waals surface area contributed by atoms with Crippen LogP contribution in [-0.2, 0) is 9.53 Å². The largest absolute Gasteiger partial charge is 0.468 e. The van der Waals surface area contributed by atoms with Gasteiger partial charge in [0.2, 0.25) is 0 Å². The van der Waals surface area contributed by atoms with Gasteiger partial charge in [0.05, 0.1) is 7.11 Å². The van der Waals surface area contributed by atoms with Gasteiger partial charge in [0.15, 0.2) is 0 Å². The van der Waals surface area contributed by atoms with Gasteiger partial charge in [-0.05, 0) is 43.6 Å². The van der Waals surface area contributed by atoms with Crippen LogP contribution >= 0.6 is 0 Å². The Hall–Kier alpha value is -1.42. The molecule has 1 heterocycles. The van der Waals surface area contributed by atoms with E-state index in [1.165, 1.54) is 19.2 Å². The molecule has 0 saturated carbocycles. The summed E-state index contributed by atoms with van der Waals surface area (Å²) in [5.74, 6) is -0.645. The SMILES string of the molecule is COC(=O)C(c1cccc(F)c1)N1CCCC1. The number of halogens is 1. The molecule has 0 radical (unpaired) electrons. The molecule has 1 aliphatic rings.